The smallest absolute Gasteiger partial charge is 0.343 e. The lowest BCUT2D eigenvalue weighted by atomic mass is 9.94. The van der Waals surface area contributed by atoms with E-state index in [1.807, 2.05) is 11.0 Å². The first kappa shape index (κ1) is 16.7. The van der Waals surface area contributed by atoms with Crippen molar-refractivity contribution >= 4 is 5.91 Å². The molecule has 2 aliphatic heterocycles. The van der Waals surface area contributed by atoms with Crippen LogP contribution >= 0.6 is 0 Å². The fraction of sp³-hybridized carbons (Fsp3) is 0.579. The lowest BCUT2D eigenvalue weighted by Gasteiger charge is -2.28. The van der Waals surface area contributed by atoms with E-state index in [0.717, 1.165) is 24.1 Å². The van der Waals surface area contributed by atoms with Crippen LogP contribution < -0.4 is 5.69 Å². The number of aromatic nitrogens is 4. The Morgan fingerprint density at radius 2 is 2.19 bits per heavy atom. The molecule has 27 heavy (non-hydrogen) atoms. The maximum atomic E-state index is 13.4. The summed E-state index contributed by atoms with van der Waals surface area (Å²) in [5, 5.41) is 6.78. The fourth-order valence-corrected chi connectivity index (χ4v) is 4.54. The highest BCUT2D eigenvalue weighted by Crippen LogP contribution is 2.50. The van der Waals surface area contributed by atoms with Gasteiger partial charge >= 0.3 is 5.69 Å². The Bertz CT molecular complexity index is 945. The monoisotopic (exact) mass is 369 g/mol. The number of carbonyl (C=O) groups excluding carboxylic acids is 1. The van der Waals surface area contributed by atoms with Gasteiger partial charge in [-0.05, 0) is 49.1 Å². The van der Waals surface area contributed by atoms with Crippen LogP contribution in [-0.4, -0.2) is 43.7 Å². The number of hydrogen-bond acceptors (Lipinski definition) is 5. The van der Waals surface area contributed by atoms with Gasteiger partial charge in [0, 0.05) is 19.8 Å². The molecule has 0 spiro atoms. The van der Waals surface area contributed by atoms with E-state index in [-0.39, 0.29) is 17.6 Å². The van der Waals surface area contributed by atoms with Crippen molar-refractivity contribution in [1.29, 1.82) is 0 Å². The first-order valence-corrected chi connectivity index (χ1v) is 9.61. The van der Waals surface area contributed by atoms with Crippen LogP contribution in [0.1, 0.15) is 52.7 Å². The predicted octanol–water partition coefficient (Wildman–Crippen LogP) is 1.19. The maximum absolute atomic E-state index is 13.4. The van der Waals surface area contributed by atoms with Gasteiger partial charge in [-0.3, -0.25) is 14.3 Å². The maximum Gasteiger partial charge on any atom is 0.343 e. The van der Waals surface area contributed by atoms with Crippen molar-refractivity contribution < 1.29 is 9.53 Å². The predicted molar refractivity (Wildman–Crippen MR) is 96.0 cm³/mol. The Balaban J connectivity index is 1.49. The topological polar surface area (TPSA) is 93.1 Å². The number of nitrogens with one attached hydrogen (secondary N) is 1. The third-order valence-corrected chi connectivity index (χ3v) is 6.17. The minimum Gasteiger partial charge on any atom is -0.375 e. The third kappa shape index (κ3) is 2.79. The van der Waals surface area contributed by atoms with Crippen molar-refractivity contribution in [3.63, 3.8) is 0 Å². The molecule has 1 aliphatic carbocycles. The van der Waals surface area contributed by atoms with E-state index in [9.17, 15) is 9.59 Å². The van der Waals surface area contributed by atoms with E-state index in [1.165, 1.54) is 17.4 Å². The van der Waals surface area contributed by atoms with Crippen LogP contribution in [0.15, 0.2) is 17.1 Å². The molecule has 1 N–H and O–H groups in total. The lowest BCUT2D eigenvalue weighted by molar-refractivity contribution is 0.0699. The molecule has 2 atom stereocenters. The summed E-state index contributed by atoms with van der Waals surface area (Å²) in [6.07, 6.45) is 5.78. The molecule has 5 rings (SSSR count). The molecule has 1 amide bonds. The number of fused-ring (bicyclic) bond motifs is 1. The van der Waals surface area contributed by atoms with E-state index < -0.39 is 0 Å². The molecule has 142 valence electrons. The van der Waals surface area contributed by atoms with Gasteiger partial charge in [0.2, 0.25) is 0 Å². The summed E-state index contributed by atoms with van der Waals surface area (Å²) in [7, 11) is 1.71. The molecule has 8 nitrogen and oxygen atoms in total. The van der Waals surface area contributed by atoms with Crippen molar-refractivity contribution in [2.75, 3.05) is 13.2 Å². The molecule has 2 fully saturated rings. The number of amides is 1. The zero-order valence-corrected chi connectivity index (χ0v) is 15.4. The molecular weight excluding hydrogens is 346 g/mol. The molecule has 2 aromatic rings. The van der Waals surface area contributed by atoms with Crippen molar-refractivity contribution in [2.45, 2.75) is 38.3 Å². The summed E-state index contributed by atoms with van der Waals surface area (Å²) in [6.45, 7) is 1.86. The molecule has 0 bridgehead atoms. The summed E-state index contributed by atoms with van der Waals surface area (Å²) in [5.74, 6) is 1.61. The third-order valence-electron chi connectivity index (χ3n) is 6.17. The summed E-state index contributed by atoms with van der Waals surface area (Å²) >= 11 is 0. The second-order valence-electron chi connectivity index (χ2n) is 7.81. The van der Waals surface area contributed by atoms with E-state index in [2.05, 4.69) is 15.2 Å². The quantitative estimate of drug-likeness (QED) is 0.877. The molecule has 3 aliphatic rings. The van der Waals surface area contributed by atoms with Crippen molar-refractivity contribution in [3.05, 3.63) is 45.4 Å². The van der Waals surface area contributed by atoms with Gasteiger partial charge in [0.25, 0.3) is 5.91 Å². The van der Waals surface area contributed by atoms with Gasteiger partial charge in [-0.25, -0.2) is 9.89 Å². The molecule has 1 saturated carbocycles. The van der Waals surface area contributed by atoms with Crippen molar-refractivity contribution in [2.24, 2.45) is 18.9 Å². The Labute approximate surface area is 156 Å². The van der Waals surface area contributed by atoms with Gasteiger partial charge in [-0.2, -0.15) is 5.10 Å². The first-order chi connectivity index (χ1) is 13.1. The van der Waals surface area contributed by atoms with Crippen LogP contribution in [-0.2, 0) is 24.8 Å². The van der Waals surface area contributed by atoms with Gasteiger partial charge in [0.1, 0.15) is 0 Å². The first-order valence-electron chi connectivity index (χ1n) is 9.61. The van der Waals surface area contributed by atoms with Crippen LogP contribution in [0.5, 0.6) is 0 Å². The van der Waals surface area contributed by atoms with E-state index in [0.29, 0.717) is 43.0 Å². The molecule has 1 saturated heterocycles. The molecule has 8 heteroatoms. The summed E-state index contributed by atoms with van der Waals surface area (Å²) in [4.78, 5) is 31.6. The average molecular weight is 369 g/mol. The Morgan fingerprint density at radius 1 is 1.33 bits per heavy atom. The Morgan fingerprint density at radius 3 is 2.93 bits per heavy atom. The number of ether oxygens (including phenoxy) is 1. The number of rotatable bonds is 3. The lowest BCUT2D eigenvalue weighted by Crippen LogP contribution is -2.35. The normalized spacial score (nSPS) is 24.9. The second-order valence-corrected chi connectivity index (χ2v) is 7.81. The number of H-pyrrole nitrogens is 1. The van der Waals surface area contributed by atoms with Gasteiger partial charge in [0.15, 0.2) is 5.82 Å². The second kappa shape index (κ2) is 6.30. The number of pyridine rings is 1. The van der Waals surface area contributed by atoms with E-state index in [4.69, 9.17) is 4.74 Å². The van der Waals surface area contributed by atoms with Gasteiger partial charge in [-0.1, -0.05) is 0 Å². The average Bonchev–Trinajstić information content (AvgIpc) is 3.37. The molecular formula is C19H23N5O3. The van der Waals surface area contributed by atoms with E-state index >= 15 is 0 Å². The number of hydrogen-bond donors (Lipinski definition) is 1. The Kier molecular flexibility index (Phi) is 3.89. The van der Waals surface area contributed by atoms with Gasteiger partial charge in [-0.15, -0.1) is 0 Å². The Hall–Kier alpha value is -2.48. The summed E-state index contributed by atoms with van der Waals surface area (Å²) < 4.78 is 6.97. The highest BCUT2D eigenvalue weighted by Gasteiger charge is 2.47. The fourth-order valence-electron chi connectivity index (χ4n) is 4.54. The summed E-state index contributed by atoms with van der Waals surface area (Å²) in [6, 6.07) is 1.80. The number of carbonyl (C=O) groups is 1. The number of likely N-dealkylation sites (tertiary alicyclic amines) is 1. The molecule has 2 aromatic heterocycles. The minimum atomic E-state index is -0.241. The largest absolute Gasteiger partial charge is 0.375 e. The number of nitrogens with zero attached hydrogens (tertiary/aromatic N) is 4. The number of aromatic amines is 1. The standard InChI is InChI=1S/C19H23N5O3/c1-23-17(21-22-19(23)26)16-14(11-2-3-11)4-6-24(16)18(25)13-8-12-5-7-27-10-15(12)20-9-13/h8-9,11,14,16H,2-7,10H2,1H3,(H,22,26). The van der Waals surface area contributed by atoms with Crippen LogP contribution in [0.4, 0.5) is 0 Å². The SMILES string of the molecule is Cn1c(C2C(C3CC3)CCN2C(=O)c2cnc3c(c2)CCOC3)n[nH]c1=O. The van der Waals surface area contributed by atoms with Crippen LogP contribution in [0.3, 0.4) is 0 Å². The van der Waals surface area contributed by atoms with Gasteiger partial charge in [0.05, 0.1) is 30.5 Å². The van der Waals surface area contributed by atoms with Crippen molar-refractivity contribution in [3.8, 4) is 0 Å². The van der Waals surface area contributed by atoms with Crippen LogP contribution in [0.2, 0.25) is 0 Å². The highest BCUT2D eigenvalue weighted by molar-refractivity contribution is 5.94. The molecule has 4 heterocycles. The molecule has 2 unspecified atom stereocenters. The van der Waals surface area contributed by atoms with Crippen LogP contribution in [0.25, 0.3) is 0 Å². The van der Waals surface area contributed by atoms with Crippen LogP contribution in [0, 0.1) is 11.8 Å². The zero-order valence-electron chi connectivity index (χ0n) is 15.4. The van der Waals surface area contributed by atoms with Crippen molar-refractivity contribution in [1.82, 2.24) is 24.6 Å². The minimum absolute atomic E-state index is 0.0274. The van der Waals surface area contributed by atoms with E-state index in [1.54, 1.807) is 13.2 Å². The van der Waals surface area contributed by atoms with Gasteiger partial charge < -0.3 is 9.64 Å². The molecule has 0 aromatic carbocycles. The summed E-state index contributed by atoms with van der Waals surface area (Å²) in [5.41, 5.74) is 2.38. The highest BCUT2D eigenvalue weighted by atomic mass is 16.5. The molecule has 0 radical (unpaired) electrons. The zero-order chi connectivity index (χ0) is 18.5.